The van der Waals surface area contributed by atoms with Crippen LogP contribution in [0.1, 0.15) is 35.6 Å². The zero-order chi connectivity index (χ0) is 13.1. The second kappa shape index (κ2) is 5.12. The van der Waals surface area contributed by atoms with E-state index >= 15 is 0 Å². The molecule has 18 heavy (non-hydrogen) atoms. The maximum atomic E-state index is 12.2. The molecule has 0 aromatic carbocycles. The van der Waals surface area contributed by atoms with Gasteiger partial charge in [0.1, 0.15) is 17.6 Å². The van der Waals surface area contributed by atoms with Gasteiger partial charge in [0.25, 0.3) is 5.91 Å². The van der Waals surface area contributed by atoms with Crippen molar-refractivity contribution < 1.29 is 14.7 Å². The molecule has 0 radical (unpaired) electrons. The molecule has 1 aromatic rings. The second-order valence-corrected chi connectivity index (χ2v) is 4.34. The Bertz CT molecular complexity index is 475. The Balaban J connectivity index is 2.23. The summed E-state index contributed by atoms with van der Waals surface area (Å²) in [6.07, 6.45) is 3.68. The molecular formula is C12H15N3O3. The van der Waals surface area contributed by atoms with Gasteiger partial charge in [-0.2, -0.15) is 0 Å². The Morgan fingerprint density at radius 1 is 1.44 bits per heavy atom. The molecule has 1 saturated heterocycles. The number of piperidine rings is 1. The number of carboxylic acids is 1. The maximum Gasteiger partial charge on any atom is 0.326 e. The molecule has 1 amide bonds. The molecule has 0 saturated carbocycles. The number of aryl methyl sites for hydroxylation is 1. The number of nitrogens with zero attached hydrogens (tertiary/aromatic N) is 3. The lowest BCUT2D eigenvalue weighted by atomic mass is 10.0. The molecule has 0 unspecified atom stereocenters. The Morgan fingerprint density at radius 2 is 2.22 bits per heavy atom. The number of aromatic nitrogens is 2. The van der Waals surface area contributed by atoms with Crippen molar-refractivity contribution in [2.24, 2.45) is 0 Å². The largest absolute Gasteiger partial charge is 0.480 e. The summed E-state index contributed by atoms with van der Waals surface area (Å²) >= 11 is 0. The van der Waals surface area contributed by atoms with Crippen molar-refractivity contribution in [1.29, 1.82) is 0 Å². The molecule has 1 aromatic heterocycles. The van der Waals surface area contributed by atoms with E-state index in [1.54, 1.807) is 6.92 Å². The second-order valence-electron chi connectivity index (χ2n) is 4.34. The summed E-state index contributed by atoms with van der Waals surface area (Å²) in [4.78, 5) is 32.7. The lowest BCUT2D eigenvalue weighted by molar-refractivity contribution is -0.143. The van der Waals surface area contributed by atoms with Gasteiger partial charge in [-0.1, -0.05) is 0 Å². The Morgan fingerprint density at radius 3 is 2.89 bits per heavy atom. The van der Waals surface area contributed by atoms with Crippen LogP contribution in [-0.4, -0.2) is 44.4 Å². The molecule has 0 spiro atoms. The summed E-state index contributed by atoms with van der Waals surface area (Å²) < 4.78 is 0. The van der Waals surface area contributed by atoms with Crippen LogP contribution in [-0.2, 0) is 4.79 Å². The molecule has 1 aliphatic heterocycles. The molecule has 6 heteroatoms. The molecule has 2 heterocycles. The average molecular weight is 249 g/mol. The van der Waals surface area contributed by atoms with Crippen LogP contribution in [0.5, 0.6) is 0 Å². The fourth-order valence-corrected chi connectivity index (χ4v) is 2.15. The molecule has 1 aliphatic rings. The Labute approximate surface area is 105 Å². The number of rotatable bonds is 2. The highest BCUT2D eigenvalue weighted by Gasteiger charge is 2.32. The van der Waals surface area contributed by atoms with Gasteiger partial charge in [0.15, 0.2) is 0 Å². The lowest BCUT2D eigenvalue weighted by Crippen LogP contribution is -2.48. The topological polar surface area (TPSA) is 83.4 Å². The minimum absolute atomic E-state index is 0.260. The van der Waals surface area contributed by atoms with E-state index in [9.17, 15) is 9.59 Å². The van der Waals surface area contributed by atoms with Gasteiger partial charge in [0, 0.05) is 12.7 Å². The third kappa shape index (κ3) is 2.47. The van der Waals surface area contributed by atoms with E-state index in [0.717, 1.165) is 12.8 Å². The van der Waals surface area contributed by atoms with Crippen molar-refractivity contribution in [2.75, 3.05) is 6.54 Å². The third-order valence-corrected chi connectivity index (χ3v) is 3.04. The highest BCUT2D eigenvalue weighted by atomic mass is 16.4. The van der Waals surface area contributed by atoms with Crippen LogP contribution in [0.2, 0.25) is 0 Å². The van der Waals surface area contributed by atoms with Crippen LogP contribution in [0.15, 0.2) is 12.3 Å². The van der Waals surface area contributed by atoms with Crippen LogP contribution in [0.3, 0.4) is 0 Å². The molecule has 1 N–H and O–H groups in total. The van der Waals surface area contributed by atoms with Crippen LogP contribution >= 0.6 is 0 Å². The molecule has 0 bridgehead atoms. The first-order valence-electron chi connectivity index (χ1n) is 5.93. The first-order valence-corrected chi connectivity index (χ1v) is 5.93. The van der Waals surface area contributed by atoms with Crippen molar-refractivity contribution >= 4 is 11.9 Å². The maximum absolute atomic E-state index is 12.2. The number of hydrogen-bond acceptors (Lipinski definition) is 4. The van der Waals surface area contributed by atoms with Crippen LogP contribution in [0, 0.1) is 6.92 Å². The molecule has 1 atom stereocenters. The predicted molar refractivity (Wildman–Crippen MR) is 63.1 cm³/mol. The van der Waals surface area contributed by atoms with Crippen molar-refractivity contribution in [1.82, 2.24) is 14.9 Å². The van der Waals surface area contributed by atoms with E-state index in [0.29, 0.717) is 18.8 Å². The van der Waals surface area contributed by atoms with E-state index in [2.05, 4.69) is 9.97 Å². The Kier molecular flexibility index (Phi) is 3.55. The van der Waals surface area contributed by atoms with Gasteiger partial charge < -0.3 is 10.0 Å². The van der Waals surface area contributed by atoms with Gasteiger partial charge in [-0.25, -0.2) is 14.8 Å². The summed E-state index contributed by atoms with van der Waals surface area (Å²) in [5, 5.41) is 9.13. The van der Waals surface area contributed by atoms with Gasteiger partial charge in [-0.3, -0.25) is 4.79 Å². The van der Waals surface area contributed by atoms with Crippen molar-refractivity contribution in [2.45, 2.75) is 32.2 Å². The minimum atomic E-state index is -0.950. The highest BCUT2D eigenvalue weighted by Crippen LogP contribution is 2.19. The van der Waals surface area contributed by atoms with E-state index < -0.39 is 12.0 Å². The summed E-state index contributed by atoms with van der Waals surface area (Å²) in [5.74, 6) is -0.772. The van der Waals surface area contributed by atoms with Crippen molar-refractivity contribution in [3.8, 4) is 0 Å². The number of likely N-dealkylation sites (tertiary alicyclic amines) is 1. The normalized spacial score (nSPS) is 19.6. The van der Waals surface area contributed by atoms with E-state index in [4.69, 9.17) is 5.11 Å². The van der Waals surface area contributed by atoms with Crippen LogP contribution < -0.4 is 0 Å². The zero-order valence-electron chi connectivity index (χ0n) is 10.2. The third-order valence-electron chi connectivity index (χ3n) is 3.04. The zero-order valence-corrected chi connectivity index (χ0v) is 10.2. The molecule has 6 nitrogen and oxygen atoms in total. The summed E-state index contributed by atoms with van der Waals surface area (Å²) in [6.45, 7) is 2.17. The predicted octanol–water partition coefficient (Wildman–Crippen LogP) is 0.864. The summed E-state index contributed by atoms with van der Waals surface area (Å²) in [6, 6.07) is 0.782. The number of aliphatic carboxylic acids is 1. The Hall–Kier alpha value is -1.98. The highest BCUT2D eigenvalue weighted by molar-refractivity contribution is 5.95. The minimum Gasteiger partial charge on any atom is -0.480 e. The summed E-state index contributed by atoms with van der Waals surface area (Å²) in [7, 11) is 0. The quantitative estimate of drug-likeness (QED) is 0.840. The van der Waals surface area contributed by atoms with Crippen molar-refractivity contribution in [3.05, 3.63) is 23.8 Å². The SMILES string of the molecule is Cc1nccc(C(=O)N2CCCC[C@@H]2C(=O)O)n1. The molecular weight excluding hydrogens is 234 g/mol. The monoisotopic (exact) mass is 249 g/mol. The van der Waals surface area contributed by atoms with E-state index in [1.807, 2.05) is 0 Å². The number of amides is 1. The van der Waals surface area contributed by atoms with E-state index in [1.165, 1.54) is 17.2 Å². The van der Waals surface area contributed by atoms with Gasteiger partial charge in [-0.05, 0) is 32.3 Å². The van der Waals surface area contributed by atoms with Gasteiger partial charge in [-0.15, -0.1) is 0 Å². The van der Waals surface area contributed by atoms with Crippen LogP contribution in [0.25, 0.3) is 0 Å². The molecule has 1 fully saturated rings. The number of hydrogen-bond donors (Lipinski definition) is 1. The summed E-state index contributed by atoms with van der Waals surface area (Å²) in [5.41, 5.74) is 0.260. The van der Waals surface area contributed by atoms with E-state index in [-0.39, 0.29) is 11.6 Å². The number of carbonyl (C=O) groups excluding carboxylic acids is 1. The van der Waals surface area contributed by atoms with Gasteiger partial charge in [0.2, 0.25) is 0 Å². The molecule has 2 rings (SSSR count). The molecule has 96 valence electrons. The van der Waals surface area contributed by atoms with Gasteiger partial charge in [0.05, 0.1) is 0 Å². The fraction of sp³-hybridized carbons (Fsp3) is 0.500. The van der Waals surface area contributed by atoms with Crippen LogP contribution in [0.4, 0.5) is 0 Å². The smallest absolute Gasteiger partial charge is 0.326 e. The average Bonchev–Trinajstić information content (AvgIpc) is 2.38. The first kappa shape index (κ1) is 12.5. The molecule has 0 aliphatic carbocycles. The van der Waals surface area contributed by atoms with Crippen molar-refractivity contribution in [3.63, 3.8) is 0 Å². The lowest BCUT2D eigenvalue weighted by Gasteiger charge is -2.32. The number of carbonyl (C=O) groups is 2. The first-order chi connectivity index (χ1) is 8.59. The number of carboxylic acid groups (broad SMARTS) is 1. The fourth-order valence-electron chi connectivity index (χ4n) is 2.15. The van der Waals surface area contributed by atoms with Gasteiger partial charge >= 0.3 is 5.97 Å². The standard InChI is InChI=1S/C12H15N3O3/c1-8-13-6-5-9(14-8)11(16)15-7-3-2-4-10(15)12(17)18/h5-6,10H,2-4,7H2,1H3,(H,17,18)/t10-/m1/s1.